The second kappa shape index (κ2) is 4.85. The molecule has 4 heteroatoms. The topological polar surface area (TPSA) is 46.7 Å². The summed E-state index contributed by atoms with van der Waals surface area (Å²) >= 11 is 0. The second-order valence-electron chi connectivity index (χ2n) is 6.09. The van der Waals surface area contributed by atoms with Crippen molar-refractivity contribution in [2.24, 2.45) is 5.41 Å². The highest BCUT2D eigenvalue weighted by atomic mass is 32.2. The number of epoxide rings is 1. The maximum Gasteiger partial charge on any atom is 0.179 e. The van der Waals surface area contributed by atoms with Crippen molar-refractivity contribution < 1.29 is 13.2 Å². The average molecular weight is 294 g/mol. The smallest absolute Gasteiger partial charge is 0.179 e. The lowest BCUT2D eigenvalue weighted by molar-refractivity contribution is 0.192. The highest BCUT2D eigenvalue weighted by molar-refractivity contribution is 7.91. The van der Waals surface area contributed by atoms with Crippen molar-refractivity contribution in [2.45, 2.75) is 56.6 Å². The van der Waals surface area contributed by atoms with Gasteiger partial charge >= 0.3 is 0 Å². The summed E-state index contributed by atoms with van der Waals surface area (Å²) in [6.45, 7) is 4.24. The Bertz CT molecular complexity index is 608. The van der Waals surface area contributed by atoms with Crippen LogP contribution in [0, 0.1) is 5.41 Å². The third kappa shape index (κ3) is 2.09. The van der Waals surface area contributed by atoms with Gasteiger partial charge < -0.3 is 4.74 Å². The molecule has 1 fully saturated rings. The molecule has 1 aromatic rings. The Hall–Kier alpha value is -0.870. The Morgan fingerprint density at radius 3 is 2.75 bits per heavy atom. The van der Waals surface area contributed by atoms with Crippen LogP contribution in [0.4, 0.5) is 0 Å². The van der Waals surface area contributed by atoms with Gasteiger partial charge in [0.15, 0.2) is 9.84 Å². The van der Waals surface area contributed by atoms with Gasteiger partial charge in [0, 0.05) is 11.0 Å². The zero-order chi connectivity index (χ0) is 14.4. The zero-order valence-electron chi connectivity index (χ0n) is 12.1. The average Bonchev–Trinajstić information content (AvgIpc) is 3.24. The van der Waals surface area contributed by atoms with Gasteiger partial charge in [-0.3, -0.25) is 0 Å². The number of benzene rings is 1. The molecule has 0 aromatic heterocycles. The molecule has 0 amide bonds. The van der Waals surface area contributed by atoms with Crippen molar-refractivity contribution in [2.75, 3.05) is 5.75 Å². The summed E-state index contributed by atoms with van der Waals surface area (Å²) in [5.41, 5.74) is 0.655. The van der Waals surface area contributed by atoms with E-state index in [1.54, 1.807) is 12.1 Å². The van der Waals surface area contributed by atoms with E-state index in [1.165, 1.54) is 0 Å². The number of rotatable bonds is 4. The van der Waals surface area contributed by atoms with E-state index in [1.807, 2.05) is 12.1 Å². The fourth-order valence-corrected chi connectivity index (χ4v) is 5.83. The summed E-state index contributed by atoms with van der Waals surface area (Å²) in [7, 11) is -3.21. The van der Waals surface area contributed by atoms with Crippen LogP contribution in [0.25, 0.3) is 0 Å². The molecule has 2 aliphatic heterocycles. The molecular formula is C16H22O3S. The van der Waals surface area contributed by atoms with E-state index >= 15 is 0 Å². The lowest BCUT2D eigenvalue weighted by Crippen LogP contribution is -2.34. The van der Waals surface area contributed by atoms with Crippen LogP contribution in [-0.2, 0) is 14.6 Å². The molecule has 3 atom stereocenters. The Balaban J connectivity index is 2.06. The van der Waals surface area contributed by atoms with E-state index in [2.05, 4.69) is 13.8 Å². The highest BCUT2D eigenvalue weighted by Gasteiger charge is 2.58. The molecule has 3 rings (SSSR count). The summed E-state index contributed by atoms with van der Waals surface area (Å²) in [6.07, 6.45) is 4.02. The lowest BCUT2D eigenvalue weighted by Gasteiger charge is -2.30. The molecule has 2 aliphatic rings. The van der Waals surface area contributed by atoms with E-state index < -0.39 is 9.84 Å². The van der Waals surface area contributed by atoms with Crippen LogP contribution >= 0.6 is 0 Å². The first-order valence-corrected chi connectivity index (χ1v) is 9.16. The number of unbranched alkanes of at least 4 members (excludes halogenated alkanes) is 1. The predicted octanol–water partition coefficient (Wildman–Crippen LogP) is 3.50. The minimum Gasteiger partial charge on any atom is -0.364 e. The number of ether oxygens (including phenoxy) is 1. The van der Waals surface area contributed by atoms with Gasteiger partial charge in [0.1, 0.15) is 6.10 Å². The molecule has 0 radical (unpaired) electrons. The molecule has 1 aromatic carbocycles. The molecule has 1 saturated heterocycles. The summed E-state index contributed by atoms with van der Waals surface area (Å²) < 4.78 is 31.4. The van der Waals surface area contributed by atoms with Gasteiger partial charge in [-0.05, 0) is 18.9 Å². The third-order valence-electron chi connectivity index (χ3n) is 4.87. The van der Waals surface area contributed by atoms with Crippen LogP contribution in [0.15, 0.2) is 29.2 Å². The first-order valence-electron chi connectivity index (χ1n) is 7.51. The van der Waals surface area contributed by atoms with Crippen LogP contribution in [0.3, 0.4) is 0 Å². The Kier molecular flexibility index (Phi) is 3.41. The molecule has 0 aliphatic carbocycles. The van der Waals surface area contributed by atoms with Gasteiger partial charge in [-0.15, -0.1) is 0 Å². The van der Waals surface area contributed by atoms with Crippen molar-refractivity contribution in [1.29, 1.82) is 0 Å². The number of fused-ring (bicyclic) bond motifs is 3. The van der Waals surface area contributed by atoms with Crippen molar-refractivity contribution in [3.63, 3.8) is 0 Å². The van der Waals surface area contributed by atoms with E-state index in [-0.39, 0.29) is 23.4 Å². The first kappa shape index (κ1) is 14.1. The molecule has 0 saturated carbocycles. The van der Waals surface area contributed by atoms with Gasteiger partial charge in [0.2, 0.25) is 0 Å². The van der Waals surface area contributed by atoms with E-state index in [9.17, 15) is 8.42 Å². The maximum atomic E-state index is 12.7. The maximum absolute atomic E-state index is 12.7. The summed E-state index contributed by atoms with van der Waals surface area (Å²) in [6, 6.07) is 7.34. The minimum atomic E-state index is -3.21. The zero-order valence-corrected chi connectivity index (χ0v) is 12.9. The SMILES string of the molecule is CCCC[C@]1(CC)CS(=O)(=O)c2ccccc2C2OC21. The van der Waals surface area contributed by atoms with E-state index in [0.29, 0.717) is 4.90 Å². The molecule has 110 valence electrons. The normalized spacial score (nSPS) is 33.9. The molecule has 2 heterocycles. The number of hydrogen-bond donors (Lipinski definition) is 0. The van der Waals surface area contributed by atoms with E-state index in [0.717, 1.165) is 31.2 Å². The summed E-state index contributed by atoms with van der Waals surface area (Å²) in [4.78, 5) is 0.485. The van der Waals surface area contributed by atoms with Gasteiger partial charge in [0.25, 0.3) is 0 Å². The Morgan fingerprint density at radius 2 is 2.05 bits per heavy atom. The van der Waals surface area contributed by atoms with Gasteiger partial charge in [-0.2, -0.15) is 0 Å². The fourth-order valence-electron chi connectivity index (χ4n) is 3.57. The molecule has 2 unspecified atom stereocenters. The molecule has 0 N–H and O–H groups in total. The van der Waals surface area contributed by atoms with Crippen LogP contribution < -0.4 is 0 Å². The minimum absolute atomic E-state index is 0.0136. The number of sulfone groups is 1. The van der Waals surface area contributed by atoms with Crippen LogP contribution in [0.1, 0.15) is 51.2 Å². The summed E-state index contributed by atoms with van der Waals surface area (Å²) in [5, 5.41) is 0. The van der Waals surface area contributed by atoms with Crippen LogP contribution in [0.5, 0.6) is 0 Å². The first-order chi connectivity index (χ1) is 9.54. The van der Waals surface area contributed by atoms with Gasteiger partial charge in [0.05, 0.1) is 16.8 Å². The fraction of sp³-hybridized carbons (Fsp3) is 0.625. The largest absolute Gasteiger partial charge is 0.364 e. The Morgan fingerprint density at radius 1 is 1.30 bits per heavy atom. The highest BCUT2D eigenvalue weighted by Crippen LogP contribution is 2.57. The quantitative estimate of drug-likeness (QED) is 0.798. The molecule has 3 nitrogen and oxygen atoms in total. The van der Waals surface area contributed by atoms with Gasteiger partial charge in [-0.25, -0.2) is 8.42 Å². The van der Waals surface area contributed by atoms with Crippen LogP contribution in [0.2, 0.25) is 0 Å². The predicted molar refractivity (Wildman–Crippen MR) is 78.4 cm³/mol. The lowest BCUT2D eigenvalue weighted by atomic mass is 9.77. The second-order valence-corrected chi connectivity index (χ2v) is 8.05. The Labute approximate surface area is 121 Å². The van der Waals surface area contributed by atoms with Crippen LogP contribution in [-0.4, -0.2) is 20.3 Å². The number of hydrogen-bond acceptors (Lipinski definition) is 3. The van der Waals surface area contributed by atoms with E-state index in [4.69, 9.17) is 4.74 Å². The standard InChI is InChI=1S/C16H22O3S/c1-3-5-10-16(4-2)11-20(17,18)13-9-7-6-8-12(13)14-15(16)19-14/h6-9,14-15H,3-5,10-11H2,1-2H3/t14?,15?,16-/m1/s1. The van der Waals surface area contributed by atoms with Crippen molar-refractivity contribution in [3.8, 4) is 0 Å². The molecule has 20 heavy (non-hydrogen) atoms. The monoisotopic (exact) mass is 294 g/mol. The van der Waals surface area contributed by atoms with Crippen molar-refractivity contribution >= 4 is 9.84 Å². The van der Waals surface area contributed by atoms with Crippen molar-refractivity contribution in [1.82, 2.24) is 0 Å². The van der Waals surface area contributed by atoms with Crippen molar-refractivity contribution in [3.05, 3.63) is 29.8 Å². The molecular weight excluding hydrogens is 272 g/mol. The summed E-state index contributed by atoms with van der Waals surface area (Å²) in [5.74, 6) is 0.231. The molecule has 0 spiro atoms. The third-order valence-corrected chi connectivity index (χ3v) is 6.86. The van der Waals surface area contributed by atoms with Gasteiger partial charge in [-0.1, -0.05) is 44.9 Å². The molecule has 0 bridgehead atoms.